The number of fused-ring (bicyclic) bond motifs is 1. The highest BCUT2D eigenvalue weighted by atomic mass is 32.2. The van der Waals surface area contributed by atoms with E-state index in [1.807, 2.05) is 12.1 Å². The number of rotatable bonds is 5. The van der Waals surface area contributed by atoms with Crippen molar-refractivity contribution in [3.63, 3.8) is 0 Å². The lowest BCUT2D eigenvalue weighted by Gasteiger charge is -2.32. The van der Waals surface area contributed by atoms with Crippen LogP contribution in [0.3, 0.4) is 0 Å². The lowest BCUT2D eigenvalue weighted by Crippen LogP contribution is -2.47. The Morgan fingerprint density at radius 1 is 1.48 bits per heavy atom. The fourth-order valence-corrected chi connectivity index (χ4v) is 4.50. The zero-order chi connectivity index (χ0) is 16.4. The van der Waals surface area contributed by atoms with E-state index in [1.54, 1.807) is 26.5 Å². The van der Waals surface area contributed by atoms with Gasteiger partial charge in [0.15, 0.2) is 0 Å². The quantitative estimate of drug-likeness (QED) is 0.786. The Bertz CT molecular complexity index is 623. The van der Waals surface area contributed by atoms with E-state index >= 15 is 0 Å². The van der Waals surface area contributed by atoms with Crippen LogP contribution in [0.5, 0.6) is 0 Å². The van der Waals surface area contributed by atoms with Crippen LogP contribution >= 0.6 is 0 Å². The van der Waals surface area contributed by atoms with Crippen LogP contribution < -0.4 is 0 Å². The van der Waals surface area contributed by atoms with E-state index < -0.39 is 10.2 Å². The van der Waals surface area contributed by atoms with Crippen LogP contribution in [-0.2, 0) is 26.3 Å². The van der Waals surface area contributed by atoms with Gasteiger partial charge in [-0.2, -0.15) is 17.0 Å². The highest BCUT2D eigenvalue weighted by Gasteiger charge is 2.49. The Kier molecular flexibility index (Phi) is 4.98. The van der Waals surface area contributed by atoms with Gasteiger partial charge in [-0.3, -0.25) is 4.98 Å². The normalized spacial score (nSPS) is 28.9. The van der Waals surface area contributed by atoms with Crippen molar-refractivity contribution < 1.29 is 17.9 Å². The Balaban J connectivity index is 1.74. The van der Waals surface area contributed by atoms with Crippen molar-refractivity contribution in [2.45, 2.75) is 37.7 Å². The molecule has 0 N–H and O–H groups in total. The molecule has 3 rings (SSSR count). The van der Waals surface area contributed by atoms with Crippen LogP contribution in [0.2, 0.25) is 0 Å². The fourth-order valence-electron chi connectivity index (χ4n) is 3.18. The van der Waals surface area contributed by atoms with E-state index in [1.165, 1.54) is 8.61 Å². The average Bonchev–Trinajstić information content (AvgIpc) is 2.93. The van der Waals surface area contributed by atoms with E-state index in [9.17, 15) is 8.42 Å². The largest absolute Gasteiger partial charge is 0.374 e. The third-order valence-electron chi connectivity index (χ3n) is 4.37. The Labute approximate surface area is 137 Å². The maximum Gasteiger partial charge on any atom is 0.281 e. The lowest BCUT2D eigenvalue weighted by atomic mass is 10.0. The number of aromatic nitrogens is 1. The van der Waals surface area contributed by atoms with Gasteiger partial charge in [-0.05, 0) is 24.5 Å². The summed E-state index contributed by atoms with van der Waals surface area (Å²) in [5, 5.41) is 0. The molecule has 2 aliphatic rings. The average molecular weight is 341 g/mol. The number of ether oxygens (including phenoxy) is 2. The number of hydrogen-bond donors (Lipinski definition) is 0. The van der Waals surface area contributed by atoms with Crippen molar-refractivity contribution in [3.8, 4) is 0 Å². The molecule has 2 fully saturated rings. The molecular formula is C15H23N3O4S. The second-order valence-electron chi connectivity index (χ2n) is 6.12. The predicted octanol–water partition coefficient (Wildman–Crippen LogP) is 0.636. The maximum absolute atomic E-state index is 12.5. The zero-order valence-corrected chi connectivity index (χ0v) is 14.3. The topological polar surface area (TPSA) is 72.0 Å². The molecule has 0 aromatic carbocycles. The minimum Gasteiger partial charge on any atom is -0.374 e. The molecule has 3 atom stereocenters. The molecule has 3 heterocycles. The molecule has 0 spiro atoms. The first-order valence-corrected chi connectivity index (χ1v) is 9.21. The van der Waals surface area contributed by atoms with E-state index in [-0.39, 0.29) is 18.2 Å². The van der Waals surface area contributed by atoms with Crippen LogP contribution in [0.4, 0.5) is 0 Å². The summed E-state index contributed by atoms with van der Waals surface area (Å²) in [6.45, 7) is 1.39. The van der Waals surface area contributed by atoms with Crippen LogP contribution in [0.15, 0.2) is 24.5 Å². The van der Waals surface area contributed by atoms with Crippen molar-refractivity contribution in [1.29, 1.82) is 0 Å². The minimum absolute atomic E-state index is 0.143. The molecule has 1 aromatic heterocycles. The van der Waals surface area contributed by atoms with Crippen molar-refractivity contribution in [3.05, 3.63) is 30.1 Å². The molecule has 0 radical (unpaired) electrons. The van der Waals surface area contributed by atoms with Gasteiger partial charge < -0.3 is 9.47 Å². The molecule has 0 aliphatic carbocycles. The van der Waals surface area contributed by atoms with Gasteiger partial charge in [0, 0.05) is 39.6 Å². The molecule has 8 heteroatoms. The molecule has 23 heavy (non-hydrogen) atoms. The number of nitrogens with zero attached hydrogens (tertiary/aromatic N) is 3. The second-order valence-corrected chi connectivity index (χ2v) is 8.21. The molecule has 1 aromatic rings. The predicted molar refractivity (Wildman–Crippen MR) is 84.9 cm³/mol. The smallest absolute Gasteiger partial charge is 0.281 e. The van der Waals surface area contributed by atoms with Gasteiger partial charge in [-0.1, -0.05) is 6.07 Å². The summed E-state index contributed by atoms with van der Waals surface area (Å²) in [5.74, 6) is 0. The maximum atomic E-state index is 12.5. The zero-order valence-electron chi connectivity index (χ0n) is 13.5. The molecule has 2 aliphatic heterocycles. The summed E-state index contributed by atoms with van der Waals surface area (Å²) in [6.07, 6.45) is 4.69. The van der Waals surface area contributed by atoms with Gasteiger partial charge in [0.1, 0.15) is 6.10 Å². The standard InChI is InChI=1S/C15H23N3O4S/c1-17(2)23(19,20)18-10-14(15-13(18)6-4-8-21-15)22-11-12-5-3-7-16-9-12/h3,5,7,9,13-15H,4,6,8,10-11H2,1-2H3/t13-,14-,15+/m1/s1. The molecule has 0 amide bonds. The van der Waals surface area contributed by atoms with Crippen LogP contribution in [0, 0.1) is 0 Å². The Hall–Kier alpha value is -1.06. The first-order valence-electron chi connectivity index (χ1n) is 7.81. The fraction of sp³-hybridized carbons (Fsp3) is 0.667. The Morgan fingerprint density at radius 3 is 3.00 bits per heavy atom. The van der Waals surface area contributed by atoms with E-state index in [2.05, 4.69) is 4.98 Å². The summed E-state index contributed by atoms with van der Waals surface area (Å²) >= 11 is 0. The van der Waals surface area contributed by atoms with Gasteiger partial charge in [0.25, 0.3) is 10.2 Å². The van der Waals surface area contributed by atoms with Gasteiger partial charge in [0.05, 0.1) is 18.8 Å². The van der Waals surface area contributed by atoms with Crippen LogP contribution in [0.1, 0.15) is 18.4 Å². The van der Waals surface area contributed by atoms with Gasteiger partial charge >= 0.3 is 0 Å². The molecule has 0 bridgehead atoms. The van der Waals surface area contributed by atoms with Gasteiger partial charge in [-0.25, -0.2) is 0 Å². The number of pyridine rings is 1. The van der Waals surface area contributed by atoms with E-state index in [4.69, 9.17) is 9.47 Å². The molecule has 0 saturated carbocycles. The molecular weight excluding hydrogens is 318 g/mol. The van der Waals surface area contributed by atoms with Crippen molar-refractivity contribution >= 4 is 10.2 Å². The van der Waals surface area contributed by atoms with Crippen LogP contribution in [0.25, 0.3) is 0 Å². The summed E-state index contributed by atoms with van der Waals surface area (Å²) in [5.41, 5.74) is 0.966. The SMILES string of the molecule is CN(C)S(=O)(=O)N1C[C@@H](OCc2cccnc2)[C@H]2OCCC[C@H]21. The number of hydrogen-bond acceptors (Lipinski definition) is 5. The Morgan fingerprint density at radius 2 is 2.30 bits per heavy atom. The van der Waals surface area contributed by atoms with E-state index in [0.29, 0.717) is 19.8 Å². The first-order chi connectivity index (χ1) is 11.0. The van der Waals surface area contributed by atoms with Crippen molar-refractivity contribution in [2.75, 3.05) is 27.2 Å². The third-order valence-corrected chi connectivity index (χ3v) is 6.31. The molecule has 0 unspecified atom stereocenters. The highest BCUT2D eigenvalue weighted by molar-refractivity contribution is 7.86. The van der Waals surface area contributed by atoms with Crippen LogP contribution in [-0.4, -0.2) is 67.5 Å². The summed E-state index contributed by atoms with van der Waals surface area (Å²) in [4.78, 5) is 4.06. The van der Waals surface area contributed by atoms with Gasteiger partial charge in [0.2, 0.25) is 0 Å². The minimum atomic E-state index is -3.47. The first kappa shape index (κ1) is 16.8. The summed E-state index contributed by atoms with van der Waals surface area (Å²) in [7, 11) is -0.362. The summed E-state index contributed by atoms with van der Waals surface area (Å²) < 4.78 is 39.7. The molecule has 128 valence electrons. The second kappa shape index (κ2) is 6.82. The monoisotopic (exact) mass is 341 g/mol. The van der Waals surface area contributed by atoms with Gasteiger partial charge in [-0.15, -0.1) is 0 Å². The molecule has 2 saturated heterocycles. The van der Waals surface area contributed by atoms with E-state index in [0.717, 1.165) is 18.4 Å². The highest BCUT2D eigenvalue weighted by Crippen LogP contribution is 2.33. The van der Waals surface area contributed by atoms with Crippen molar-refractivity contribution in [2.24, 2.45) is 0 Å². The molecule has 7 nitrogen and oxygen atoms in total. The lowest BCUT2D eigenvalue weighted by molar-refractivity contribution is -0.0802. The van der Waals surface area contributed by atoms with Crippen molar-refractivity contribution in [1.82, 2.24) is 13.6 Å². The third kappa shape index (κ3) is 3.41. The summed E-state index contributed by atoms with van der Waals surface area (Å²) in [6, 6.07) is 3.65.